The predicted octanol–water partition coefficient (Wildman–Crippen LogP) is 3.66. The average molecular weight is 530 g/mol. The topological polar surface area (TPSA) is 134 Å². The standard InChI is InChI=1S/C29H39NO8/c1-15-6-8-21-27(2,3)22(32)10-11-28(21,4)29(15)13-17-20(31)12-16-18(24(17)38-29)14-30(25(16)35)19(26(36)37-5)7-9-23(33)34/h12,15,19,21-22,31-32H,6-11,13-14H2,1-5H3,(H,33,34)/t15-,19+,21?,22-,28+,29-/m1/s1. The Morgan fingerprint density at radius 1 is 1.21 bits per heavy atom. The van der Waals surface area contributed by atoms with Crippen molar-refractivity contribution in [2.75, 3.05) is 7.11 Å². The molecule has 0 radical (unpaired) electrons. The summed E-state index contributed by atoms with van der Waals surface area (Å²) in [5.74, 6) is -1.28. The Morgan fingerprint density at radius 3 is 2.58 bits per heavy atom. The molecular weight excluding hydrogens is 490 g/mol. The fraction of sp³-hybridized carbons (Fsp3) is 0.690. The van der Waals surface area contributed by atoms with Crippen LogP contribution in [-0.4, -0.2) is 62.9 Å². The molecule has 6 atom stereocenters. The third kappa shape index (κ3) is 3.57. The number of fused-ring (bicyclic) bond motifs is 5. The lowest BCUT2D eigenvalue weighted by Gasteiger charge is -2.64. The number of phenolic OH excluding ortho intramolecular Hbond substituents is 1. The van der Waals surface area contributed by atoms with Crippen LogP contribution in [-0.2, 0) is 27.3 Å². The van der Waals surface area contributed by atoms with Crippen LogP contribution in [0.2, 0.25) is 0 Å². The third-order valence-electron chi connectivity index (χ3n) is 10.6. The summed E-state index contributed by atoms with van der Waals surface area (Å²) >= 11 is 0. The summed E-state index contributed by atoms with van der Waals surface area (Å²) in [4.78, 5) is 38.6. The Labute approximate surface area is 223 Å². The van der Waals surface area contributed by atoms with E-state index in [1.165, 1.54) is 18.1 Å². The molecule has 1 spiro atoms. The number of aliphatic hydroxyl groups excluding tert-OH is 1. The zero-order chi connectivity index (χ0) is 27.8. The molecule has 5 rings (SSSR count). The van der Waals surface area contributed by atoms with Gasteiger partial charge in [0, 0.05) is 29.4 Å². The molecule has 2 heterocycles. The summed E-state index contributed by atoms with van der Waals surface area (Å²) in [7, 11) is 1.21. The van der Waals surface area contributed by atoms with E-state index in [0.29, 0.717) is 29.7 Å². The van der Waals surface area contributed by atoms with Crippen molar-refractivity contribution in [1.82, 2.24) is 4.90 Å². The first-order valence-electron chi connectivity index (χ1n) is 13.6. The monoisotopic (exact) mass is 529 g/mol. The number of carbonyl (C=O) groups is 3. The van der Waals surface area contributed by atoms with E-state index in [2.05, 4.69) is 27.7 Å². The smallest absolute Gasteiger partial charge is 0.328 e. The number of carboxylic acid groups (broad SMARTS) is 1. The fourth-order valence-corrected chi connectivity index (χ4v) is 8.34. The van der Waals surface area contributed by atoms with Crippen LogP contribution in [0, 0.1) is 22.7 Å². The highest BCUT2D eigenvalue weighted by molar-refractivity contribution is 6.02. The van der Waals surface area contributed by atoms with Crippen molar-refractivity contribution in [3.8, 4) is 11.5 Å². The molecule has 38 heavy (non-hydrogen) atoms. The van der Waals surface area contributed by atoms with Gasteiger partial charge < -0.3 is 29.7 Å². The summed E-state index contributed by atoms with van der Waals surface area (Å²) in [5.41, 5.74) is 0.418. The van der Waals surface area contributed by atoms with Gasteiger partial charge >= 0.3 is 11.9 Å². The molecule has 1 amide bonds. The van der Waals surface area contributed by atoms with Crippen LogP contribution in [0.3, 0.4) is 0 Å². The Morgan fingerprint density at radius 2 is 1.92 bits per heavy atom. The number of carbonyl (C=O) groups excluding carboxylic acids is 2. The first kappa shape index (κ1) is 26.8. The second-order valence-electron chi connectivity index (χ2n) is 12.6. The van der Waals surface area contributed by atoms with E-state index in [1.807, 2.05) is 0 Å². The van der Waals surface area contributed by atoms with Crippen molar-refractivity contribution in [1.29, 1.82) is 0 Å². The number of aliphatic hydroxyl groups is 1. The highest BCUT2D eigenvalue weighted by Crippen LogP contribution is 2.67. The zero-order valence-electron chi connectivity index (χ0n) is 22.9. The van der Waals surface area contributed by atoms with Gasteiger partial charge in [-0.1, -0.05) is 27.7 Å². The number of carboxylic acids is 1. The van der Waals surface area contributed by atoms with E-state index in [-0.39, 0.29) is 59.5 Å². The van der Waals surface area contributed by atoms with E-state index < -0.39 is 29.5 Å². The molecule has 2 saturated carbocycles. The molecule has 1 aromatic carbocycles. The highest BCUT2D eigenvalue weighted by atomic mass is 16.5. The molecule has 1 unspecified atom stereocenters. The molecule has 4 aliphatic rings. The number of amides is 1. The SMILES string of the molecule is COC(=O)[C@H](CCC(=O)O)N1Cc2c(cc(O)c3c2O[C@]2(C3)[C@H](C)CCC3C(C)(C)[C@H](O)CC[C@@]32C)C1=O. The van der Waals surface area contributed by atoms with Gasteiger partial charge in [0.2, 0.25) is 0 Å². The summed E-state index contributed by atoms with van der Waals surface area (Å²) in [6.45, 7) is 8.81. The number of benzene rings is 1. The number of ether oxygens (including phenoxy) is 2. The molecule has 0 aromatic heterocycles. The van der Waals surface area contributed by atoms with E-state index in [0.717, 1.165) is 19.3 Å². The van der Waals surface area contributed by atoms with E-state index in [1.54, 1.807) is 0 Å². The number of nitrogens with zero attached hydrogens (tertiary/aromatic N) is 1. The maximum Gasteiger partial charge on any atom is 0.328 e. The Balaban J connectivity index is 1.54. The highest BCUT2D eigenvalue weighted by Gasteiger charge is 2.67. The quantitative estimate of drug-likeness (QED) is 0.492. The molecule has 1 aromatic rings. The number of esters is 1. The van der Waals surface area contributed by atoms with E-state index >= 15 is 0 Å². The summed E-state index contributed by atoms with van der Waals surface area (Å²) in [5, 5.41) is 31.2. The number of methoxy groups -OCH3 is 1. The lowest BCUT2D eigenvalue weighted by molar-refractivity contribution is -0.210. The third-order valence-corrected chi connectivity index (χ3v) is 10.6. The summed E-state index contributed by atoms with van der Waals surface area (Å²) < 4.78 is 11.9. The summed E-state index contributed by atoms with van der Waals surface area (Å²) in [6.07, 6.45) is 3.15. The Kier molecular flexibility index (Phi) is 6.25. The second-order valence-corrected chi connectivity index (χ2v) is 12.6. The molecule has 2 fully saturated rings. The molecule has 9 heteroatoms. The van der Waals surface area contributed by atoms with Gasteiger partial charge in [-0.15, -0.1) is 0 Å². The lowest BCUT2D eigenvalue weighted by Crippen LogP contribution is -2.66. The van der Waals surface area contributed by atoms with Crippen LogP contribution in [0.1, 0.15) is 87.7 Å². The van der Waals surface area contributed by atoms with Crippen LogP contribution in [0.25, 0.3) is 0 Å². The van der Waals surface area contributed by atoms with E-state index in [4.69, 9.17) is 9.47 Å². The molecule has 9 nitrogen and oxygen atoms in total. The van der Waals surface area contributed by atoms with Gasteiger partial charge in [-0.05, 0) is 55.4 Å². The molecule has 0 saturated heterocycles. The van der Waals surface area contributed by atoms with Crippen molar-refractivity contribution in [2.45, 2.75) is 96.9 Å². The first-order valence-corrected chi connectivity index (χ1v) is 13.6. The molecule has 208 valence electrons. The second kappa shape index (κ2) is 8.86. The maximum atomic E-state index is 13.5. The van der Waals surface area contributed by atoms with Crippen LogP contribution in [0.5, 0.6) is 11.5 Å². The van der Waals surface area contributed by atoms with Gasteiger partial charge in [-0.25, -0.2) is 4.79 Å². The van der Waals surface area contributed by atoms with Crippen LogP contribution in [0.15, 0.2) is 6.07 Å². The lowest BCUT2D eigenvalue weighted by atomic mass is 9.43. The van der Waals surface area contributed by atoms with Crippen molar-refractivity contribution < 1.29 is 39.2 Å². The molecule has 0 bridgehead atoms. The van der Waals surface area contributed by atoms with Crippen LogP contribution in [0.4, 0.5) is 0 Å². The van der Waals surface area contributed by atoms with Crippen molar-refractivity contribution in [3.63, 3.8) is 0 Å². The van der Waals surface area contributed by atoms with E-state index in [9.17, 15) is 29.7 Å². The van der Waals surface area contributed by atoms with Crippen molar-refractivity contribution in [2.24, 2.45) is 22.7 Å². The molecule has 2 aliphatic heterocycles. The normalized spacial score (nSPS) is 33.8. The number of aromatic hydroxyl groups is 1. The first-order chi connectivity index (χ1) is 17.8. The molecule has 2 aliphatic carbocycles. The van der Waals surface area contributed by atoms with Gasteiger partial charge in [0.25, 0.3) is 5.91 Å². The number of hydrogen-bond donors (Lipinski definition) is 3. The fourth-order valence-electron chi connectivity index (χ4n) is 8.34. The summed E-state index contributed by atoms with van der Waals surface area (Å²) in [6, 6.07) is 0.409. The van der Waals surface area contributed by atoms with Crippen molar-refractivity contribution >= 4 is 17.8 Å². The number of aliphatic carboxylic acids is 1. The average Bonchev–Trinajstić information content (AvgIpc) is 3.41. The van der Waals surface area contributed by atoms with Gasteiger partial charge in [-0.2, -0.15) is 0 Å². The van der Waals surface area contributed by atoms with Gasteiger partial charge in [-0.3, -0.25) is 9.59 Å². The van der Waals surface area contributed by atoms with Gasteiger partial charge in [0.05, 0.1) is 25.3 Å². The maximum absolute atomic E-state index is 13.5. The largest absolute Gasteiger partial charge is 0.508 e. The van der Waals surface area contributed by atoms with Crippen LogP contribution < -0.4 is 4.74 Å². The minimum atomic E-state index is -1.07. The minimum absolute atomic E-state index is 0.000920. The number of rotatable bonds is 5. The minimum Gasteiger partial charge on any atom is -0.508 e. The molecular formula is C29H39NO8. The van der Waals surface area contributed by atoms with Crippen LogP contribution >= 0.6 is 0 Å². The van der Waals surface area contributed by atoms with Crippen molar-refractivity contribution in [3.05, 3.63) is 22.8 Å². The molecule has 3 N–H and O–H groups in total. The predicted molar refractivity (Wildman–Crippen MR) is 137 cm³/mol. The number of hydrogen-bond acceptors (Lipinski definition) is 7. The zero-order valence-corrected chi connectivity index (χ0v) is 22.9. The Bertz CT molecular complexity index is 1190. The Hall–Kier alpha value is -2.81. The van der Waals surface area contributed by atoms with Gasteiger partial charge in [0.15, 0.2) is 0 Å². The van der Waals surface area contributed by atoms with Gasteiger partial charge in [0.1, 0.15) is 23.1 Å². The number of phenols is 1.